The molecular weight excluding hydrogens is 264 g/mol. The Morgan fingerprint density at radius 2 is 1.86 bits per heavy atom. The summed E-state index contributed by atoms with van der Waals surface area (Å²) >= 11 is 0. The SMILES string of the molecule is CC(C)Cc1cccnc1-n1c(=O)ncc2cccnc21. The minimum absolute atomic E-state index is 0.357. The zero-order valence-corrected chi connectivity index (χ0v) is 12.0. The zero-order valence-electron chi connectivity index (χ0n) is 12.0. The minimum atomic E-state index is -0.357. The van der Waals surface area contributed by atoms with Crippen molar-refractivity contribution in [1.29, 1.82) is 0 Å². The van der Waals surface area contributed by atoms with Gasteiger partial charge in [-0.25, -0.2) is 24.3 Å². The monoisotopic (exact) mass is 280 g/mol. The van der Waals surface area contributed by atoms with Crippen LogP contribution in [0.1, 0.15) is 19.4 Å². The third kappa shape index (κ3) is 2.54. The van der Waals surface area contributed by atoms with Crippen LogP contribution in [0, 0.1) is 5.92 Å². The summed E-state index contributed by atoms with van der Waals surface area (Å²) in [4.78, 5) is 24.9. The third-order valence-corrected chi connectivity index (χ3v) is 3.24. The average molecular weight is 280 g/mol. The minimum Gasteiger partial charge on any atom is -0.245 e. The van der Waals surface area contributed by atoms with Crippen LogP contribution >= 0.6 is 0 Å². The van der Waals surface area contributed by atoms with E-state index < -0.39 is 0 Å². The lowest BCUT2D eigenvalue weighted by Crippen LogP contribution is -2.24. The quantitative estimate of drug-likeness (QED) is 0.739. The molecule has 0 saturated carbocycles. The predicted molar refractivity (Wildman–Crippen MR) is 81.5 cm³/mol. The molecule has 0 spiro atoms. The number of rotatable bonds is 3. The Morgan fingerprint density at radius 1 is 1.10 bits per heavy atom. The Labute approximate surface area is 122 Å². The van der Waals surface area contributed by atoms with Crippen LogP contribution in [-0.4, -0.2) is 19.5 Å². The highest BCUT2D eigenvalue weighted by Gasteiger charge is 2.13. The molecule has 21 heavy (non-hydrogen) atoms. The number of aromatic nitrogens is 4. The first kappa shape index (κ1) is 13.4. The maximum absolute atomic E-state index is 12.2. The van der Waals surface area contributed by atoms with Crippen LogP contribution in [0.4, 0.5) is 0 Å². The Balaban J connectivity index is 2.31. The van der Waals surface area contributed by atoms with Crippen molar-refractivity contribution in [3.05, 3.63) is 58.9 Å². The molecule has 3 heterocycles. The third-order valence-electron chi connectivity index (χ3n) is 3.24. The molecule has 5 heteroatoms. The van der Waals surface area contributed by atoms with Crippen molar-refractivity contribution in [2.75, 3.05) is 0 Å². The van der Waals surface area contributed by atoms with E-state index in [4.69, 9.17) is 0 Å². The molecule has 106 valence electrons. The molecule has 0 N–H and O–H groups in total. The molecule has 0 saturated heterocycles. The summed E-state index contributed by atoms with van der Waals surface area (Å²) in [5.41, 5.74) is 1.25. The van der Waals surface area contributed by atoms with Gasteiger partial charge in [0.2, 0.25) is 0 Å². The van der Waals surface area contributed by atoms with E-state index in [9.17, 15) is 4.79 Å². The van der Waals surface area contributed by atoms with Crippen molar-refractivity contribution < 1.29 is 0 Å². The average Bonchev–Trinajstić information content (AvgIpc) is 2.48. The number of fused-ring (bicyclic) bond motifs is 1. The second-order valence-electron chi connectivity index (χ2n) is 5.38. The molecule has 0 bridgehead atoms. The van der Waals surface area contributed by atoms with E-state index >= 15 is 0 Å². The van der Waals surface area contributed by atoms with E-state index in [1.807, 2.05) is 24.3 Å². The van der Waals surface area contributed by atoms with Crippen LogP contribution in [0.5, 0.6) is 0 Å². The van der Waals surface area contributed by atoms with Gasteiger partial charge in [-0.1, -0.05) is 19.9 Å². The topological polar surface area (TPSA) is 60.7 Å². The number of pyridine rings is 2. The molecule has 0 aliphatic heterocycles. The van der Waals surface area contributed by atoms with Crippen LogP contribution in [0.15, 0.2) is 47.7 Å². The molecule has 0 radical (unpaired) electrons. The molecule has 5 nitrogen and oxygen atoms in total. The molecule has 0 aromatic carbocycles. The molecule has 3 rings (SSSR count). The predicted octanol–water partition coefficient (Wildman–Crippen LogP) is 2.37. The van der Waals surface area contributed by atoms with Gasteiger partial charge < -0.3 is 0 Å². The van der Waals surface area contributed by atoms with Gasteiger partial charge in [0, 0.05) is 24.0 Å². The van der Waals surface area contributed by atoms with Crippen molar-refractivity contribution in [1.82, 2.24) is 19.5 Å². The zero-order chi connectivity index (χ0) is 14.8. The fraction of sp³-hybridized carbons (Fsp3) is 0.250. The van der Waals surface area contributed by atoms with Gasteiger partial charge in [0.25, 0.3) is 0 Å². The van der Waals surface area contributed by atoms with Gasteiger partial charge in [0.1, 0.15) is 5.82 Å². The lowest BCUT2D eigenvalue weighted by Gasteiger charge is -2.13. The summed E-state index contributed by atoms with van der Waals surface area (Å²) < 4.78 is 1.49. The van der Waals surface area contributed by atoms with Crippen molar-refractivity contribution in [2.45, 2.75) is 20.3 Å². The second-order valence-corrected chi connectivity index (χ2v) is 5.38. The molecule has 0 fully saturated rings. The lowest BCUT2D eigenvalue weighted by molar-refractivity contribution is 0.641. The molecule has 3 aromatic heterocycles. The second kappa shape index (κ2) is 5.44. The Bertz CT molecular complexity index is 839. The van der Waals surface area contributed by atoms with Crippen molar-refractivity contribution in [3.63, 3.8) is 0 Å². The van der Waals surface area contributed by atoms with E-state index in [0.29, 0.717) is 17.4 Å². The van der Waals surface area contributed by atoms with E-state index in [1.165, 1.54) is 4.57 Å². The molecule has 3 aromatic rings. The van der Waals surface area contributed by atoms with Gasteiger partial charge >= 0.3 is 5.69 Å². The summed E-state index contributed by atoms with van der Waals surface area (Å²) in [6, 6.07) is 7.59. The standard InChI is InChI=1S/C16H16N4O/c1-11(2)9-12-5-3-7-17-14(12)20-15-13(6-4-8-18-15)10-19-16(20)21/h3-8,10-11H,9H2,1-2H3. The highest BCUT2D eigenvalue weighted by Crippen LogP contribution is 2.17. The maximum Gasteiger partial charge on any atom is 0.355 e. The molecule has 0 aliphatic rings. The van der Waals surface area contributed by atoms with Gasteiger partial charge in [0.15, 0.2) is 5.65 Å². The largest absolute Gasteiger partial charge is 0.355 e. The number of hydrogen-bond acceptors (Lipinski definition) is 4. The summed E-state index contributed by atoms with van der Waals surface area (Å²) in [5.74, 6) is 1.09. The van der Waals surface area contributed by atoms with Crippen LogP contribution < -0.4 is 5.69 Å². The first-order valence-corrected chi connectivity index (χ1v) is 6.94. The van der Waals surface area contributed by atoms with Crippen LogP contribution in [0.2, 0.25) is 0 Å². The van der Waals surface area contributed by atoms with Crippen molar-refractivity contribution in [2.24, 2.45) is 5.92 Å². The first-order chi connectivity index (χ1) is 10.2. The first-order valence-electron chi connectivity index (χ1n) is 6.94. The van der Waals surface area contributed by atoms with Gasteiger partial charge in [-0.3, -0.25) is 0 Å². The van der Waals surface area contributed by atoms with Crippen LogP contribution in [-0.2, 0) is 6.42 Å². The number of nitrogens with zero attached hydrogens (tertiary/aromatic N) is 4. The van der Waals surface area contributed by atoms with Crippen LogP contribution in [0.3, 0.4) is 0 Å². The highest BCUT2D eigenvalue weighted by atomic mass is 16.1. The normalized spacial score (nSPS) is 11.2. The Kier molecular flexibility index (Phi) is 3.48. The summed E-state index contributed by atoms with van der Waals surface area (Å²) in [5, 5.41) is 0.818. The smallest absolute Gasteiger partial charge is 0.245 e. The van der Waals surface area contributed by atoms with Gasteiger partial charge in [-0.15, -0.1) is 0 Å². The maximum atomic E-state index is 12.2. The van der Waals surface area contributed by atoms with Gasteiger partial charge in [-0.2, -0.15) is 0 Å². The molecule has 0 unspecified atom stereocenters. The van der Waals surface area contributed by atoms with E-state index in [-0.39, 0.29) is 5.69 Å². The fourth-order valence-corrected chi connectivity index (χ4v) is 2.39. The van der Waals surface area contributed by atoms with Crippen molar-refractivity contribution >= 4 is 11.0 Å². The van der Waals surface area contributed by atoms with Crippen molar-refractivity contribution in [3.8, 4) is 5.82 Å². The fourth-order valence-electron chi connectivity index (χ4n) is 2.39. The molecular formula is C16H16N4O. The van der Waals surface area contributed by atoms with Gasteiger partial charge in [0.05, 0.1) is 0 Å². The number of hydrogen-bond donors (Lipinski definition) is 0. The van der Waals surface area contributed by atoms with E-state index in [0.717, 1.165) is 17.4 Å². The summed E-state index contributed by atoms with van der Waals surface area (Å²) in [6.45, 7) is 4.28. The van der Waals surface area contributed by atoms with E-state index in [2.05, 4.69) is 28.8 Å². The molecule has 0 amide bonds. The van der Waals surface area contributed by atoms with Crippen LogP contribution in [0.25, 0.3) is 16.9 Å². The van der Waals surface area contributed by atoms with Gasteiger partial charge in [-0.05, 0) is 36.1 Å². The summed E-state index contributed by atoms with van der Waals surface area (Å²) in [6.07, 6.45) is 5.75. The Morgan fingerprint density at radius 3 is 2.67 bits per heavy atom. The Hall–Kier alpha value is -2.56. The highest BCUT2D eigenvalue weighted by molar-refractivity contribution is 5.75. The lowest BCUT2D eigenvalue weighted by atomic mass is 10.0. The molecule has 0 aliphatic carbocycles. The van der Waals surface area contributed by atoms with E-state index in [1.54, 1.807) is 18.6 Å². The summed E-state index contributed by atoms with van der Waals surface area (Å²) in [7, 11) is 0. The molecule has 0 atom stereocenters.